The van der Waals surface area contributed by atoms with Crippen LogP contribution in [0.4, 0.5) is 0 Å². The second-order valence-electron chi connectivity index (χ2n) is 7.09. The Hall–Kier alpha value is -2.96. The summed E-state index contributed by atoms with van der Waals surface area (Å²) < 4.78 is 11.2. The highest BCUT2D eigenvalue weighted by Gasteiger charge is 2.38. The average molecular weight is 459 g/mol. The van der Waals surface area contributed by atoms with Crippen LogP contribution in [-0.2, 0) is 6.42 Å². The molecule has 1 N–H and O–H groups in total. The maximum atomic E-state index is 13.5. The summed E-state index contributed by atoms with van der Waals surface area (Å²) in [7, 11) is 3.18. The molecule has 0 radical (unpaired) electrons. The third kappa shape index (κ3) is 3.77. The number of hydrogen-bond acceptors (Lipinski definition) is 4. The highest BCUT2D eigenvalue weighted by Crippen LogP contribution is 2.46. The van der Waals surface area contributed by atoms with Gasteiger partial charge in [0, 0.05) is 23.7 Å². The maximum absolute atomic E-state index is 13.5. The first-order valence-electron chi connectivity index (χ1n) is 9.64. The van der Waals surface area contributed by atoms with Gasteiger partial charge in [0.25, 0.3) is 5.91 Å². The first kappa shape index (κ1) is 21.3. The van der Waals surface area contributed by atoms with Crippen LogP contribution in [0.3, 0.4) is 0 Å². The lowest BCUT2D eigenvalue weighted by Gasteiger charge is -2.39. The first-order valence-corrected chi connectivity index (χ1v) is 10.4. The molecule has 4 rings (SSSR count). The molecule has 1 unspecified atom stereocenters. The molecule has 1 aromatic heterocycles. The number of aromatic amines is 1. The standard InChI is InChI=1S/C23H20Cl2N2O4/c1-30-17-9-10-18(31-2)20-13(17)11-12-27(23(29)16-7-4-8-19(28)26-16)22(20)14-5-3-6-15(24)21(14)25/h3-10,22H,11-12H2,1-2H3,(H,26,28). The number of halogens is 2. The second kappa shape index (κ2) is 8.65. The van der Waals surface area contributed by atoms with E-state index in [9.17, 15) is 9.59 Å². The SMILES string of the molecule is COc1ccc(OC)c2c1CCN(C(=O)c1cccc(=O)[nH]1)C2c1cccc(Cl)c1Cl. The minimum Gasteiger partial charge on any atom is -0.496 e. The Balaban J connectivity index is 1.96. The average Bonchev–Trinajstić information content (AvgIpc) is 2.79. The van der Waals surface area contributed by atoms with Crippen LogP contribution in [0, 0.1) is 0 Å². The van der Waals surface area contributed by atoms with Crippen LogP contribution in [0.15, 0.2) is 53.3 Å². The molecular weight excluding hydrogens is 439 g/mol. The van der Waals surface area contributed by atoms with E-state index in [1.165, 1.54) is 6.07 Å². The number of fused-ring (bicyclic) bond motifs is 1. The van der Waals surface area contributed by atoms with Gasteiger partial charge < -0.3 is 19.4 Å². The molecule has 6 nitrogen and oxygen atoms in total. The number of pyridine rings is 1. The topological polar surface area (TPSA) is 71.6 Å². The summed E-state index contributed by atoms with van der Waals surface area (Å²) in [4.78, 5) is 29.6. The summed E-state index contributed by atoms with van der Waals surface area (Å²) in [5.74, 6) is 0.990. The van der Waals surface area contributed by atoms with Crippen molar-refractivity contribution < 1.29 is 14.3 Å². The molecule has 8 heteroatoms. The van der Waals surface area contributed by atoms with Gasteiger partial charge in [-0.3, -0.25) is 9.59 Å². The Morgan fingerprint density at radius 3 is 2.45 bits per heavy atom. The van der Waals surface area contributed by atoms with Gasteiger partial charge in [0.1, 0.15) is 17.2 Å². The van der Waals surface area contributed by atoms with Crippen LogP contribution in [0.2, 0.25) is 10.0 Å². The van der Waals surface area contributed by atoms with Crippen LogP contribution >= 0.6 is 23.2 Å². The van der Waals surface area contributed by atoms with Crippen LogP contribution < -0.4 is 15.0 Å². The zero-order valence-electron chi connectivity index (χ0n) is 16.9. The number of nitrogens with zero attached hydrogens (tertiary/aromatic N) is 1. The number of aromatic nitrogens is 1. The summed E-state index contributed by atoms with van der Waals surface area (Å²) >= 11 is 12.9. The number of H-pyrrole nitrogens is 1. The summed E-state index contributed by atoms with van der Waals surface area (Å²) in [5.41, 5.74) is 2.23. The van der Waals surface area contributed by atoms with Crippen molar-refractivity contribution in [3.8, 4) is 11.5 Å². The minimum atomic E-state index is -0.587. The quantitative estimate of drug-likeness (QED) is 0.625. The maximum Gasteiger partial charge on any atom is 0.271 e. The van der Waals surface area contributed by atoms with Crippen molar-refractivity contribution in [2.75, 3.05) is 20.8 Å². The zero-order chi connectivity index (χ0) is 22.1. The molecule has 2 aromatic carbocycles. The number of hydrogen-bond donors (Lipinski definition) is 1. The van der Waals surface area contributed by atoms with E-state index in [-0.39, 0.29) is 17.2 Å². The highest BCUT2D eigenvalue weighted by molar-refractivity contribution is 6.42. The predicted molar refractivity (Wildman–Crippen MR) is 120 cm³/mol. The van der Waals surface area contributed by atoms with Crippen LogP contribution in [0.1, 0.15) is 33.2 Å². The van der Waals surface area contributed by atoms with Gasteiger partial charge in [-0.05, 0) is 36.2 Å². The van der Waals surface area contributed by atoms with Crippen LogP contribution in [0.5, 0.6) is 11.5 Å². The molecule has 0 saturated heterocycles. The Labute approximate surface area is 189 Å². The lowest BCUT2D eigenvalue weighted by atomic mass is 9.86. The van der Waals surface area contributed by atoms with Crippen molar-refractivity contribution in [2.45, 2.75) is 12.5 Å². The van der Waals surface area contributed by atoms with Gasteiger partial charge in [-0.2, -0.15) is 0 Å². The van der Waals surface area contributed by atoms with Crippen molar-refractivity contribution in [3.63, 3.8) is 0 Å². The molecular formula is C23H20Cl2N2O4. The molecule has 160 valence electrons. The molecule has 2 heterocycles. The van der Waals surface area contributed by atoms with Gasteiger partial charge in [-0.25, -0.2) is 0 Å². The van der Waals surface area contributed by atoms with Gasteiger partial charge in [-0.15, -0.1) is 0 Å². The summed E-state index contributed by atoms with van der Waals surface area (Å²) in [5, 5.41) is 0.736. The number of ether oxygens (including phenoxy) is 2. The Kier molecular flexibility index (Phi) is 5.94. The van der Waals surface area contributed by atoms with Gasteiger partial charge in [-0.1, -0.05) is 41.4 Å². The third-order valence-corrected chi connectivity index (χ3v) is 6.27. The lowest BCUT2D eigenvalue weighted by Crippen LogP contribution is -2.41. The second-order valence-corrected chi connectivity index (χ2v) is 7.87. The number of methoxy groups -OCH3 is 2. The van der Waals surface area contributed by atoms with Gasteiger partial charge in [0.05, 0.1) is 30.3 Å². The number of benzene rings is 2. The van der Waals surface area contributed by atoms with Crippen molar-refractivity contribution in [2.24, 2.45) is 0 Å². The van der Waals surface area contributed by atoms with E-state index in [1.54, 1.807) is 43.4 Å². The van der Waals surface area contributed by atoms with Crippen molar-refractivity contribution in [3.05, 3.63) is 91.3 Å². The summed E-state index contributed by atoms with van der Waals surface area (Å²) in [6.07, 6.45) is 0.549. The molecule has 3 aromatic rings. The smallest absolute Gasteiger partial charge is 0.271 e. The molecule has 0 spiro atoms. The number of nitrogens with one attached hydrogen (secondary N) is 1. The fourth-order valence-corrected chi connectivity index (χ4v) is 4.48. The van der Waals surface area contributed by atoms with E-state index < -0.39 is 6.04 Å². The van der Waals surface area contributed by atoms with E-state index >= 15 is 0 Å². The third-order valence-electron chi connectivity index (χ3n) is 5.44. The predicted octanol–water partition coefficient (Wildman–Crippen LogP) is 4.49. The van der Waals surface area contributed by atoms with Gasteiger partial charge in [0.2, 0.25) is 5.56 Å². The van der Waals surface area contributed by atoms with E-state index in [0.29, 0.717) is 40.1 Å². The van der Waals surface area contributed by atoms with Crippen molar-refractivity contribution >= 4 is 29.1 Å². The normalized spacial score (nSPS) is 15.4. The summed E-state index contributed by atoms with van der Waals surface area (Å²) in [6, 6.07) is 12.9. The molecule has 1 aliphatic heterocycles. The van der Waals surface area contributed by atoms with Crippen molar-refractivity contribution in [1.82, 2.24) is 9.88 Å². The van der Waals surface area contributed by atoms with Gasteiger partial charge >= 0.3 is 0 Å². The lowest BCUT2D eigenvalue weighted by molar-refractivity contribution is 0.0685. The molecule has 0 saturated carbocycles. The molecule has 1 atom stereocenters. The molecule has 1 amide bonds. The Morgan fingerprint density at radius 1 is 1.03 bits per heavy atom. The monoisotopic (exact) mass is 458 g/mol. The molecule has 0 fully saturated rings. The largest absolute Gasteiger partial charge is 0.496 e. The minimum absolute atomic E-state index is 0.195. The van der Waals surface area contributed by atoms with Crippen LogP contribution in [0.25, 0.3) is 0 Å². The molecule has 0 bridgehead atoms. The molecule has 0 aliphatic carbocycles. The number of rotatable bonds is 4. The van der Waals surface area contributed by atoms with Crippen LogP contribution in [-0.4, -0.2) is 36.6 Å². The van der Waals surface area contributed by atoms with Gasteiger partial charge in [0.15, 0.2) is 0 Å². The fourth-order valence-electron chi connectivity index (χ4n) is 4.07. The summed E-state index contributed by atoms with van der Waals surface area (Å²) in [6.45, 7) is 0.389. The molecule has 1 aliphatic rings. The number of amides is 1. The Bertz CT molecular complexity index is 1210. The molecule has 31 heavy (non-hydrogen) atoms. The Morgan fingerprint density at radius 2 is 1.74 bits per heavy atom. The van der Waals surface area contributed by atoms with Crippen molar-refractivity contribution in [1.29, 1.82) is 0 Å². The first-order chi connectivity index (χ1) is 15.0. The van der Waals surface area contributed by atoms with E-state index in [0.717, 1.165) is 11.1 Å². The highest BCUT2D eigenvalue weighted by atomic mass is 35.5. The number of carbonyl (C=O) groups excluding carboxylic acids is 1. The fraction of sp³-hybridized carbons (Fsp3) is 0.217. The zero-order valence-corrected chi connectivity index (χ0v) is 18.5. The number of carbonyl (C=O) groups is 1. The van der Waals surface area contributed by atoms with E-state index in [2.05, 4.69) is 4.98 Å². The van der Waals surface area contributed by atoms with E-state index in [1.807, 2.05) is 18.2 Å². The van der Waals surface area contributed by atoms with E-state index in [4.69, 9.17) is 32.7 Å².